The Morgan fingerprint density at radius 2 is 1.81 bits per heavy atom. The molecule has 1 saturated carbocycles. The molecule has 0 atom stereocenters. The Morgan fingerprint density at radius 1 is 1.06 bits per heavy atom. The van der Waals surface area contributed by atoms with Crippen molar-refractivity contribution in [3.8, 4) is 17.2 Å². The maximum absolute atomic E-state index is 13.1. The third-order valence-electron chi connectivity index (χ3n) is 5.99. The van der Waals surface area contributed by atoms with Gasteiger partial charge in [-0.2, -0.15) is 4.31 Å². The largest absolute Gasteiger partial charge is 0.497 e. The van der Waals surface area contributed by atoms with E-state index in [-0.39, 0.29) is 11.0 Å². The Balaban J connectivity index is 1.26. The second kappa shape index (κ2) is 8.01. The van der Waals surface area contributed by atoms with E-state index in [1.807, 2.05) is 24.3 Å². The van der Waals surface area contributed by atoms with Crippen molar-refractivity contribution < 1.29 is 22.0 Å². The molecule has 1 aliphatic heterocycles. The van der Waals surface area contributed by atoms with Gasteiger partial charge in [0.05, 0.1) is 12.7 Å². The summed E-state index contributed by atoms with van der Waals surface area (Å²) in [5.74, 6) is 2.01. The van der Waals surface area contributed by atoms with Crippen LogP contribution in [0.2, 0.25) is 0 Å². The lowest BCUT2D eigenvalue weighted by Gasteiger charge is -2.34. The quantitative estimate of drug-likeness (QED) is 0.572. The minimum atomic E-state index is -3.74. The summed E-state index contributed by atoms with van der Waals surface area (Å²) in [6.45, 7) is 1.93. The van der Waals surface area contributed by atoms with E-state index in [1.165, 1.54) is 23.1 Å². The minimum Gasteiger partial charge on any atom is -0.497 e. The first-order valence-electron chi connectivity index (χ1n) is 10.4. The molecule has 0 unspecified atom stereocenters. The zero-order valence-corrected chi connectivity index (χ0v) is 18.0. The van der Waals surface area contributed by atoms with Crippen molar-refractivity contribution in [2.75, 3.05) is 38.2 Å². The van der Waals surface area contributed by atoms with Crippen molar-refractivity contribution in [1.82, 2.24) is 14.5 Å². The summed E-state index contributed by atoms with van der Waals surface area (Å²) >= 11 is 0. The van der Waals surface area contributed by atoms with Crippen molar-refractivity contribution in [3.63, 3.8) is 0 Å². The molecule has 0 amide bonds. The van der Waals surface area contributed by atoms with Gasteiger partial charge < -0.3 is 18.5 Å². The highest BCUT2D eigenvalue weighted by atomic mass is 32.2. The number of anilines is 1. The number of furan rings is 1. The first kappa shape index (κ1) is 20.1. The summed E-state index contributed by atoms with van der Waals surface area (Å²) in [7, 11) is -2.11. The lowest BCUT2D eigenvalue weighted by molar-refractivity contribution is 0.338. The lowest BCUT2D eigenvalue weighted by Crippen LogP contribution is -2.48. The molecule has 0 N–H and O–H groups in total. The molecule has 0 bridgehead atoms. The van der Waals surface area contributed by atoms with Gasteiger partial charge in [-0.3, -0.25) is 0 Å². The average molecular weight is 445 g/mol. The fourth-order valence-electron chi connectivity index (χ4n) is 3.84. The van der Waals surface area contributed by atoms with Crippen LogP contribution in [0.4, 0.5) is 5.69 Å². The fourth-order valence-corrected chi connectivity index (χ4v) is 5.19. The maximum atomic E-state index is 13.1. The van der Waals surface area contributed by atoms with Gasteiger partial charge >= 0.3 is 0 Å². The highest BCUT2D eigenvalue weighted by molar-refractivity contribution is 7.89. The molecule has 0 spiro atoms. The second-order valence-electron chi connectivity index (χ2n) is 7.82. The van der Waals surface area contributed by atoms with Gasteiger partial charge in [-0.15, -0.1) is 10.2 Å². The van der Waals surface area contributed by atoms with Gasteiger partial charge in [-0.05, 0) is 37.1 Å². The first-order chi connectivity index (χ1) is 15.0. The Bertz CT molecular complexity index is 1140. The minimum absolute atomic E-state index is 0.108. The summed E-state index contributed by atoms with van der Waals surface area (Å²) in [5.41, 5.74) is 1.52. The summed E-state index contributed by atoms with van der Waals surface area (Å²) in [4.78, 5) is 2.15. The topological polar surface area (TPSA) is 102 Å². The highest BCUT2D eigenvalue weighted by Crippen LogP contribution is 2.37. The van der Waals surface area contributed by atoms with Gasteiger partial charge in [0.15, 0.2) is 0 Å². The maximum Gasteiger partial charge on any atom is 0.276 e. The van der Waals surface area contributed by atoms with E-state index in [1.54, 1.807) is 7.11 Å². The molecule has 31 heavy (non-hydrogen) atoms. The molecule has 2 aromatic heterocycles. The zero-order chi connectivity index (χ0) is 21.4. The summed E-state index contributed by atoms with van der Waals surface area (Å²) in [6.07, 6.45) is 4.63. The molecule has 2 aliphatic rings. The predicted molar refractivity (Wildman–Crippen MR) is 113 cm³/mol. The molecule has 2 fully saturated rings. The van der Waals surface area contributed by atoms with Crippen molar-refractivity contribution in [1.29, 1.82) is 0 Å². The Hall–Kier alpha value is -2.85. The van der Waals surface area contributed by atoms with Crippen molar-refractivity contribution >= 4 is 15.7 Å². The van der Waals surface area contributed by atoms with Gasteiger partial charge in [0.25, 0.3) is 15.9 Å². The standard InChI is InChI=1S/C21H24N4O5S/c1-28-18-7-5-17(6-8-18)24-9-11-25(12-10-24)31(26,27)19-13-16(14-29-19)21-23-22-20(30-21)15-3-2-4-15/h5-8,13-15H,2-4,9-12H2,1H3. The first-order valence-corrected chi connectivity index (χ1v) is 11.8. The highest BCUT2D eigenvalue weighted by Gasteiger charge is 2.32. The fraction of sp³-hybridized carbons (Fsp3) is 0.429. The SMILES string of the molecule is COc1ccc(N2CCN(S(=O)(=O)c3cc(-c4nnc(C5CCC5)o4)co3)CC2)cc1. The van der Waals surface area contributed by atoms with E-state index in [2.05, 4.69) is 15.1 Å². The summed E-state index contributed by atoms with van der Waals surface area (Å²) in [5, 5.41) is 8.04. The van der Waals surface area contributed by atoms with E-state index in [0.29, 0.717) is 43.6 Å². The summed E-state index contributed by atoms with van der Waals surface area (Å²) < 4.78 is 43.9. The third-order valence-corrected chi connectivity index (χ3v) is 7.76. The van der Waals surface area contributed by atoms with E-state index < -0.39 is 10.0 Å². The van der Waals surface area contributed by atoms with Crippen LogP contribution in [0.1, 0.15) is 31.1 Å². The number of benzene rings is 1. The molecule has 5 rings (SSSR count). The number of piperazine rings is 1. The Kier molecular flexibility index (Phi) is 5.19. The second-order valence-corrected chi connectivity index (χ2v) is 9.69. The van der Waals surface area contributed by atoms with Crippen LogP contribution in [0.3, 0.4) is 0 Å². The zero-order valence-electron chi connectivity index (χ0n) is 17.2. The molecule has 10 heteroatoms. The number of hydrogen-bond acceptors (Lipinski definition) is 8. The number of nitrogens with zero attached hydrogens (tertiary/aromatic N) is 4. The van der Waals surface area contributed by atoms with Crippen LogP contribution < -0.4 is 9.64 Å². The Morgan fingerprint density at radius 3 is 2.45 bits per heavy atom. The van der Waals surface area contributed by atoms with Gasteiger partial charge in [-0.1, -0.05) is 6.42 Å². The smallest absolute Gasteiger partial charge is 0.276 e. The average Bonchev–Trinajstić information content (AvgIpc) is 3.43. The normalized spacial score (nSPS) is 18.2. The van der Waals surface area contributed by atoms with E-state index in [0.717, 1.165) is 24.3 Å². The molecular weight excluding hydrogens is 420 g/mol. The predicted octanol–water partition coefficient (Wildman–Crippen LogP) is 3.12. The molecule has 9 nitrogen and oxygen atoms in total. The van der Waals surface area contributed by atoms with E-state index in [4.69, 9.17) is 13.6 Å². The van der Waals surface area contributed by atoms with Crippen molar-refractivity contribution in [2.24, 2.45) is 0 Å². The van der Waals surface area contributed by atoms with E-state index in [9.17, 15) is 8.42 Å². The molecule has 164 valence electrons. The van der Waals surface area contributed by atoms with Crippen LogP contribution in [0.15, 0.2) is 50.5 Å². The Labute approximate surface area is 180 Å². The van der Waals surface area contributed by atoms with Crippen LogP contribution >= 0.6 is 0 Å². The number of rotatable bonds is 6. The monoisotopic (exact) mass is 444 g/mol. The van der Waals surface area contributed by atoms with Crippen LogP contribution in [0.25, 0.3) is 11.5 Å². The molecule has 3 aromatic rings. The van der Waals surface area contributed by atoms with E-state index >= 15 is 0 Å². The van der Waals surface area contributed by atoms with Crippen molar-refractivity contribution in [2.45, 2.75) is 30.3 Å². The van der Waals surface area contributed by atoms with Crippen LogP contribution in [0.5, 0.6) is 5.75 Å². The number of hydrogen-bond donors (Lipinski definition) is 0. The molecule has 1 aromatic carbocycles. The third kappa shape index (κ3) is 3.81. The molecular formula is C21H24N4O5S. The van der Waals surface area contributed by atoms with Crippen LogP contribution in [-0.4, -0.2) is 56.2 Å². The number of ether oxygens (including phenoxy) is 1. The van der Waals surface area contributed by atoms with Gasteiger partial charge in [0, 0.05) is 43.9 Å². The van der Waals surface area contributed by atoms with Crippen LogP contribution in [0, 0.1) is 0 Å². The summed E-state index contributed by atoms with van der Waals surface area (Å²) in [6, 6.07) is 9.21. The molecule has 1 saturated heterocycles. The molecule has 0 radical (unpaired) electrons. The van der Waals surface area contributed by atoms with Gasteiger partial charge in [0.2, 0.25) is 11.0 Å². The van der Waals surface area contributed by atoms with Crippen LogP contribution in [-0.2, 0) is 10.0 Å². The molecule has 3 heterocycles. The number of methoxy groups -OCH3 is 1. The van der Waals surface area contributed by atoms with Gasteiger partial charge in [-0.25, -0.2) is 8.42 Å². The lowest BCUT2D eigenvalue weighted by atomic mass is 9.85. The number of aromatic nitrogens is 2. The van der Waals surface area contributed by atoms with Gasteiger partial charge in [0.1, 0.15) is 12.0 Å². The molecule has 1 aliphatic carbocycles. The van der Waals surface area contributed by atoms with Crippen molar-refractivity contribution in [3.05, 3.63) is 42.5 Å². The number of sulfonamides is 1.